The third-order valence-corrected chi connectivity index (χ3v) is 4.74. The van der Waals surface area contributed by atoms with E-state index in [0.717, 1.165) is 11.3 Å². The lowest BCUT2D eigenvalue weighted by Gasteiger charge is -2.17. The first-order valence-electron chi connectivity index (χ1n) is 9.18. The molecule has 0 fully saturated rings. The van der Waals surface area contributed by atoms with Gasteiger partial charge in [0.15, 0.2) is 5.65 Å². The van der Waals surface area contributed by atoms with Gasteiger partial charge in [-0.2, -0.15) is 5.26 Å². The largest absolute Gasteiger partial charge is 0.465 e. The van der Waals surface area contributed by atoms with Crippen LogP contribution in [0.25, 0.3) is 16.9 Å². The van der Waals surface area contributed by atoms with E-state index in [-0.39, 0.29) is 11.6 Å². The van der Waals surface area contributed by atoms with Gasteiger partial charge < -0.3 is 10.0 Å². The summed E-state index contributed by atoms with van der Waals surface area (Å²) in [6.07, 6.45) is 3.66. The summed E-state index contributed by atoms with van der Waals surface area (Å²) >= 11 is 0. The molecule has 0 aliphatic heterocycles. The number of aromatic nitrogens is 3. The lowest BCUT2D eigenvalue weighted by molar-refractivity contribution is 0.0987. The molecule has 9 heteroatoms. The number of benzene rings is 2. The maximum absolute atomic E-state index is 13.0. The summed E-state index contributed by atoms with van der Waals surface area (Å²) in [6.45, 7) is 0. The molecule has 0 saturated carbocycles. The van der Waals surface area contributed by atoms with Crippen molar-refractivity contribution in [3.63, 3.8) is 0 Å². The molecule has 2 amide bonds. The van der Waals surface area contributed by atoms with Crippen molar-refractivity contribution in [3.8, 4) is 17.3 Å². The van der Waals surface area contributed by atoms with Crippen LogP contribution in [0.5, 0.6) is 0 Å². The maximum atomic E-state index is 13.0. The minimum atomic E-state index is -1.14. The predicted octanol–water partition coefficient (Wildman–Crippen LogP) is 3.63. The van der Waals surface area contributed by atoms with E-state index >= 15 is 0 Å². The van der Waals surface area contributed by atoms with Crippen LogP contribution in [-0.4, -0.2) is 38.5 Å². The molecule has 0 atom stereocenters. The zero-order valence-corrected chi connectivity index (χ0v) is 16.4. The van der Waals surface area contributed by atoms with E-state index < -0.39 is 6.09 Å². The fraction of sp³-hybridized carbons (Fsp3) is 0.0455. The van der Waals surface area contributed by atoms with Crippen molar-refractivity contribution in [2.75, 3.05) is 17.3 Å². The molecule has 0 aliphatic carbocycles. The fourth-order valence-electron chi connectivity index (χ4n) is 3.11. The molecule has 152 valence electrons. The molecule has 0 aliphatic rings. The van der Waals surface area contributed by atoms with Crippen molar-refractivity contribution in [2.24, 2.45) is 0 Å². The maximum Gasteiger partial charge on any atom is 0.409 e. The van der Waals surface area contributed by atoms with E-state index in [2.05, 4.69) is 15.3 Å². The summed E-state index contributed by atoms with van der Waals surface area (Å²) in [4.78, 5) is 33.7. The Bertz CT molecular complexity index is 1320. The molecule has 4 rings (SSSR count). The number of carboxylic acid groups (broad SMARTS) is 1. The van der Waals surface area contributed by atoms with Crippen molar-refractivity contribution >= 4 is 29.0 Å². The first kappa shape index (κ1) is 19.6. The molecular weight excluding hydrogens is 396 g/mol. The van der Waals surface area contributed by atoms with Crippen molar-refractivity contribution in [3.05, 3.63) is 78.4 Å². The Kier molecular flexibility index (Phi) is 5.03. The van der Waals surface area contributed by atoms with Gasteiger partial charge in [0.2, 0.25) is 0 Å². The van der Waals surface area contributed by atoms with Gasteiger partial charge in [-0.05, 0) is 36.4 Å². The molecule has 2 heterocycles. The zero-order valence-electron chi connectivity index (χ0n) is 16.4. The van der Waals surface area contributed by atoms with E-state index in [0.29, 0.717) is 22.6 Å². The van der Waals surface area contributed by atoms with E-state index in [4.69, 9.17) is 10.4 Å². The van der Waals surface area contributed by atoms with Crippen LogP contribution in [0.1, 0.15) is 16.1 Å². The van der Waals surface area contributed by atoms with Crippen LogP contribution in [0.15, 0.2) is 67.1 Å². The number of nitriles is 1. The Morgan fingerprint density at radius 3 is 2.42 bits per heavy atom. The highest BCUT2D eigenvalue weighted by atomic mass is 16.4. The van der Waals surface area contributed by atoms with E-state index in [1.807, 2.05) is 6.07 Å². The van der Waals surface area contributed by atoms with Gasteiger partial charge in [0, 0.05) is 30.2 Å². The smallest absolute Gasteiger partial charge is 0.409 e. The van der Waals surface area contributed by atoms with E-state index in [1.54, 1.807) is 72.4 Å². The summed E-state index contributed by atoms with van der Waals surface area (Å²) in [5, 5.41) is 20.0. The molecule has 0 bridgehead atoms. The third-order valence-electron chi connectivity index (χ3n) is 4.74. The van der Waals surface area contributed by atoms with Gasteiger partial charge >= 0.3 is 6.09 Å². The minimum Gasteiger partial charge on any atom is -0.465 e. The van der Waals surface area contributed by atoms with Gasteiger partial charge in [0.25, 0.3) is 5.91 Å². The average Bonchev–Trinajstić information content (AvgIpc) is 3.21. The first-order chi connectivity index (χ1) is 15.0. The molecule has 4 aromatic rings. The summed E-state index contributed by atoms with van der Waals surface area (Å²) in [7, 11) is 1.64. The Morgan fingerprint density at radius 2 is 1.77 bits per heavy atom. The van der Waals surface area contributed by atoms with Crippen LogP contribution in [-0.2, 0) is 0 Å². The second kappa shape index (κ2) is 7.96. The van der Waals surface area contributed by atoms with Gasteiger partial charge in [0.05, 0.1) is 29.7 Å². The number of anilines is 2. The predicted molar refractivity (Wildman–Crippen MR) is 114 cm³/mol. The topological polar surface area (TPSA) is 124 Å². The number of imidazole rings is 1. The molecule has 0 unspecified atom stereocenters. The fourth-order valence-corrected chi connectivity index (χ4v) is 3.11. The number of amides is 2. The highest BCUT2D eigenvalue weighted by Gasteiger charge is 2.17. The summed E-state index contributed by atoms with van der Waals surface area (Å²) in [6, 6.07) is 15.6. The van der Waals surface area contributed by atoms with Crippen LogP contribution < -0.4 is 10.2 Å². The Labute approximate surface area is 176 Å². The number of hydrogen-bond acceptors (Lipinski definition) is 5. The van der Waals surface area contributed by atoms with Crippen molar-refractivity contribution < 1.29 is 14.7 Å². The van der Waals surface area contributed by atoms with E-state index in [9.17, 15) is 9.59 Å². The second-order valence-electron chi connectivity index (χ2n) is 6.67. The molecule has 31 heavy (non-hydrogen) atoms. The number of nitrogens with one attached hydrogen (secondary N) is 1. The Morgan fingerprint density at radius 1 is 1.06 bits per heavy atom. The normalized spacial score (nSPS) is 10.5. The van der Waals surface area contributed by atoms with Crippen LogP contribution in [0, 0.1) is 11.3 Å². The average molecular weight is 412 g/mol. The van der Waals surface area contributed by atoms with E-state index in [1.165, 1.54) is 11.1 Å². The van der Waals surface area contributed by atoms with Crippen LogP contribution in [0.3, 0.4) is 0 Å². The Balaban J connectivity index is 1.65. The van der Waals surface area contributed by atoms with Crippen molar-refractivity contribution in [1.82, 2.24) is 14.4 Å². The summed E-state index contributed by atoms with van der Waals surface area (Å²) in [5.74, 6) is -0.313. The number of carbonyl (C=O) groups is 2. The molecule has 0 spiro atoms. The molecule has 2 N–H and O–H groups in total. The van der Waals surface area contributed by atoms with Gasteiger partial charge in [-0.3, -0.25) is 14.5 Å². The first-order valence-corrected chi connectivity index (χ1v) is 9.18. The summed E-state index contributed by atoms with van der Waals surface area (Å²) in [5.41, 5.74) is 3.92. The van der Waals surface area contributed by atoms with Gasteiger partial charge in [-0.25, -0.2) is 14.8 Å². The molecular formula is C22H16N6O3. The van der Waals surface area contributed by atoms with Crippen molar-refractivity contribution in [2.45, 2.75) is 0 Å². The van der Waals surface area contributed by atoms with Gasteiger partial charge in [-0.1, -0.05) is 12.1 Å². The van der Waals surface area contributed by atoms with Crippen LogP contribution in [0.2, 0.25) is 0 Å². The van der Waals surface area contributed by atoms with Crippen molar-refractivity contribution in [1.29, 1.82) is 5.26 Å². The number of fused-ring (bicyclic) bond motifs is 1. The minimum absolute atomic E-state index is 0.225. The lowest BCUT2D eigenvalue weighted by Crippen LogP contribution is -2.27. The lowest BCUT2D eigenvalue weighted by atomic mass is 10.1. The van der Waals surface area contributed by atoms with Crippen LogP contribution in [0.4, 0.5) is 16.2 Å². The Hall–Kier alpha value is -4.71. The quantitative estimate of drug-likeness (QED) is 0.527. The van der Waals surface area contributed by atoms with Gasteiger partial charge in [0.1, 0.15) is 5.69 Å². The molecule has 0 saturated heterocycles. The second-order valence-corrected chi connectivity index (χ2v) is 6.67. The SMILES string of the molecule is CN(C(=O)c1cn2c(-c3ccc(NC(=O)O)cc3)cnc2cn1)c1ccc(C#N)cc1. The highest BCUT2D eigenvalue weighted by Crippen LogP contribution is 2.23. The number of carbonyl (C=O) groups excluding carboxylic acids is 1. The third kappa shape index (κ3) is 3.90. The molecule has 9 nitrogen and oxygen atoms in total. The number of hydrogen-bond donors (Lipinski definition) is 2. The number of rotatable bonds is 4. The summed E-state index contributed by atoms with van der Waals surface area (Å²) < 4.78 is 1.76. The van der Waals surface area contributed by atoms with Gasteiger partial charge in [-0.15, -0.1) is 0 Å². The molecule has 0 radical (unpaired) electrons. The molecule has 2 aromatic heterocycles. The molecule has 2 aromatic carbocycles. The standard InChI is InChI=1S/C22H16N6O3/c1-27(17-8-2-14(10-23)3-9-17)21(29)18-13-28-19(11-25-20(28)12-24-18)15-4-6-16(7-5-15)26-22(30)31/h2-9,11-13,26H,1H3,(H,30,31). The zero-order chi connectivity index (χ0) is 22.0. The monoisotopic (exact) mass is 412 g/mol. The highest BCUT2D eigenvalue weighted by molar-refractivity contribution is 6.04. The number of nitrogens with zero attached hydrogens (tertiary/aromatic N) is 5. The van der Waals surface area contributed by atoms with Crippen LogP contribution >= 0.6 is 0 Å².